The molecule has 5 nitrogen and oxygen atoms in total. The van der Waals surface area contributed by atoms with Crippen LogP contribution in [0.1, 0.15) is 23.9 Å². The van der Waals surface area contributed by atoms with Gasteiger partial charge in [0.1, 0.15) is 0 Å². The van der Waals surface area contributed by atoms with E-state index in [-0.39, 0.29) is 6.42 Å². The second-order valence-electron chi connectivity index (χ2n) is 3.33. The highest BCUT2D eigenvalue weighted by Crippen LogP contribution is 2.23. The molecule has 0 aliphatic heterocycles. The summed E-state index contributed by atoms with van der Waals surface area (Å²) in [7, 11) is -3.64. The average Bonchev–Trinajstić information content (AvgIpc) is 2.46. The van der Waals surface area contributed by atoms with Crippen molar-refractivity contribution in [2.24, 2.45) is 0 Å². The lowest BCUT2D eigenvalue weighted by Crippen LogP contribution is -2.25. The van der Waals surface area contributed by atoms with Crippen molar-refractivity contribution in [3.8, 4) is 6.07 Å². The van der Waals surface area contributed by atoms with Crippen molar-refractivity contribution in [1.82, 2.24) is 4.98 Å². The van der Waals surface area contributed by atoms with Crippen LogP contribution in [0, 0.1) is 25.2 Å². The van der Waals surface area contributed by atoms with Crippen molar-refractivity contribution >= 4 is 26.5 Å². The summed E-state index contributed by atoms with van der Waals surface area (Å²) in [6, 6.07) is 1.76. The second-order valence-corrected chi connectivity index (χ2v) is 6.40. The lowest BCUT2D eigenvalue weighted by molar-refractivity contribution is 0.593. The fourth-order valence-corrected chi connectivity index (χ4v) is 3.28. The fraction of sp³-hybridized carbons (Fsp3) is 0.556. The van der Waals surface area contributed by atoms with Crippen LogP contribution in [0.2, 0.25) is 0 Å². The highest BCUT2D eigenvalue weighted by Gasteiger charge is 2.24. The molecule has 1 aromatic rings. The van der Waals surface area contributed by atoms with E-state index in [0.29, 0.717) is 5.13 Å². The van der Waals surface area contributed by atoms with Gasteiger partial charge in [0.15, 0.2) is 10.4 Å². The Morgan fingerprint density at radius 1 is 1.56 bits per heavy atom. The van der Waals surface area contributed by atoms with E-state index in [1.165, 1.54) is 11.3 Å². The van der Waals surface area contributed by atoms with Crippen LogP contribution < -0.4 is 4.72 Å². The molecule has 0 aliphatic rings. The number of sulfonamides is 1. The van der Waals surface area contributed by atoms with Crippen molar-refractivity contribution < 1.29 is 8.42 Å². The molecule has 0 aliphatic carbocycles. The molecule has 0 bridgehead atoms. The first kappa shape index (κ1) is 12.9. The maximum Gasteiger partial charge on any atom is 0.250 e. The third-order valence-electron chi connectivity index (χ3n) is 2.15. The summed E-state index contributed by atoms with van der Waals surface area (Å²) in [6.07, 6.45) is 0.259. The highest BCUT2D eigenvalue weighted by molar-refractivity contribution is 7.93. The molecular formula is C9H13N3O2S2. The number of nitrogens with one attached hydrogen (secondary N) is 1. The molecule has 7 heteroatoms. The van der Waals surface area contributed by atoms with Gasteiger partial charge in [0.2, 0.25) is 0 Å². The zero-order valence-corrected chi connectivity index (χ0v) is 10.9. The van der Waals surface area contributed by atoms with Crippen molar-refractivity contribution in [2.75, 3.05) is 4.72 Å². The van der Waals surface area contributed by atoms with Crippen LogP contribution >= 0.6 is 11.3 Å². The van der Waals surface area contributed by atoms with Crippen LogP contribution in [0.25, 0.3) is 0 Å². The molecule has 1 heterocycles. The van der Waals surface area contributed by atoms with Gasteiger partial charge in [0.05, 0.1) is 11.8 Å². The van der Waals surface area contributed by atoms with Gasteiger partial charge in [-0.05, 0) is 20.3 Å². The predicted octanol–water partition coefficient (Wildman–Crippen LogP) is 1.80. The summed E-state index contributed by atoms with van der Waals surface area (Å²) in [5.41, 5.74) is 0.799. The fourth-order valence-electron chi connectivity index (χ4n) is 1.09. The normalized spacial score (nSPS) is 13.1. The van der Waals surface area contributed by atoms with E-state index in [9.17, 15) is 8.42 Å². The number of rotatable bonds is 4. The topological polar surface area (TPSA) is 82.8 Å². The van der Waals surface area contributed by atoms with E-state index in [1.54, 1.807) is 13.0 Å². The van der Waals surface area contributed by atoms with Crippen molar-refractivity contribution in [3.63, 3.8) is 0 Å². The molecule has 0 aromatic carbocycles. The summed E-state index contributed by atoms with van der Waals surface area (Å²) < 4.78 is 25.8. The van der Waals surface area contributed by atoms with Gasteiger partial charge < -0.3 is 0 Å². The van der Waals surface area contributed by atoms with Crippen molar-refractivity contribution in [2.45, 2.75) is 32.4 Å². The summed E-state index contributed by atoms with van der Waals surface area (Å²) in [5, 5.41) is 8.01. The lowest BCUT2D eigenvalue weighted by Gasteiger charge is -2.08. The average molecular weight is 259 g/mol. The molecule has 1 rings (SSSR count). The first-order valence-electron chi connectivity index (χ1n) is 4.76. The number of hydrogen-bond donors (Lipinski definition) is 1. The largest absolute Gasteiger partial charge is 0.258 e. The van der Waals surface area contributed by atoms with Crippen LogP contribution in [0.5, 0.6) is 0 Å². The van der Waals surface area contributed by atoms with Gasteiger partial charge >= 0.3 is 0 Å². The molecule has 0 radical (unpaired) electrons. The van der Waals surface area contributed by atoms with E-state index in [4.69, 9.17) is 5.26 Å². The Hall–Kier alpha value is -1.13. The molecule has 16 heavy (non-hydrogen) atoms. The lowest BCUT2D eigenvalue weighted by atomic mass is 10.4. The summed E-state index contributed by atoms with van der Waals surface area (Å²) in [5.74, 6) is 0. The maximum absolute atomic E-state index is 11.7. The van der Waals surface area contributed by atoms with Crippen molar-refractivity contribution in [3.05, 3.63) is 10.6 Å². The minimum Gasteiger partial charge on any atom is -0.258 e. The van der Waals surface area contributed by atoms with Gasteiger partial charge in [-0.3, -0.25) is 4.72 Å². The number of nitriles is 1. The van der Waals surface area contributed by atoms with Crippen LogP contribution in [-0.4, -0.2) is 18.7 Å². The third-order valence-corrected chi connectivity index (χ3v) is 4.93. The Morgan fingerprint density at radius 2 is 2.19 bits per heavy atom. The zero-order chi connectivity index (χ0) is 12.3. The Labute approximate surface area is 99.2 Å². The minimum atomic E-state index is -3.64. The molecule has 0 fully saturated rings. The molecule has 1 unspecified atom stereocenters. The Balaban J connectivity index is 2.93. The van der Waals surface area contributed by atoms with Crippen molar-refractivity contribution in [1.29, 1.82) is 5.26 Å². The van der Waals surface area contributed by atoms with E-state index in [1.807, 2.05) is 13.8 Å². The Bertz CT molecular complexity index is 494. The van der Waals surface area contributed by atoms with Gasteiger partial charge in [-0.1, -0.05) is 6.92 Å². The van der Waals surface area contributed by atoms with Gasteiger partial charge in [0.25, 0.3) is 10.0 Å². The second kappa shape index (κ2) is 4.80. The number of thiazole rings is 1. The van der Waals surface area contributed by atoms with Gasteiger partial charge in [-0.2, -0.15) is 5.26 Å². The van der Waals surface area contributed by atoms with Gasteiger partial charge in [-0.25, -0.2) is 13.4 Å². The van der Waals surface area contributed by atoms with Crippen LogP contribution in [-0.2, 0) is 10.0 Å². The van der Waals surface area contributed by atoms with Crippen LogP contribution in [0.4, 0.5) is 5.13 Å². The number of hydrogen-bond acceptors (Lipinski definition) is 5. The first-order valence-corrected chi connectivity index (χ1v) is 7.12. The molecule has 1 aromatic heterocycles. The number of anilines is 1. The third kappa shape index (κ3) is 2.71. The van der Waals surface area contributed by atoms with E-state index in [0.717, 1.165) is 10.6 Å². The van der Waals surface area contributed by atoms with Gasteiger partial charge in [0, 0.05) is 4.88 Å². The Kier molecular flexibility index (Phi) is 3.88. The molecule has 0 spiro atoms. The van der Waals surface area contributed by atoms with Gasteiger partial charge in [-0.15, -0.1) is 11.3 Å². The number of aryl methyl sites for hydroxylation is 2. The number of nitrogens with zero attached hydrogens (tertiary/aromatic N) is 2. The SMILES string of the molecule is CCC(C#N)S(=O)(=O)Nc1nc(C)c(C)s1. The molecular weight excluding hydrogens is 246 g/mol. The van der Waals surface area contributed by atoms with E-state index >= 15 is 0 Å². The predicted molar refractivity (Wildman–Crippen MR) is 63.8 cm³/mol. The molecule has 0 saturated carbocycles. The zero-order valence-electron chi connectivity index (χ0n) is 9.31. The number of aromatic nitrogens is 1. The summed E-state index contributed by atoms with van der Waals surface area (Å²) in [4.78, 5) is 5.03. The first-order chi connectivity index (χ1) is 7.40. The smallest absolute Gasteiger partial charge is 0.250 e. The Morgan fingerprint density at radius 3 is 2.56 bits per heavy atom. The highest BCUT2D eigenvalue weighted by atomic mass is 32.2. The molecule has 1 atom stereocenters. The molecule has 0 amide bonds. The van der Waals surface area contributed by atoms with E-state index < -0.39 is 15.3 Å². The molecule has 88 valence electrons. The summed E-state index contributed by atoms with van der Waals surface area (Å²) in [6.45, 7) is 5.34. The quantitative estimate of drug-likeness (QED) is 0.893. The standard InChI is InChI=1S/C9H13N3O2S2/c1-4-8(5-10)16(13,14)12-9-11-6(2)7(3)15-9/h8H,4H2,1-3H3,(H,11,12). The summed E-state index contributed by atoms with van der Waals surface area (Å²) >= 11 is 1.27. The minimum absolute atomic E-state index is 0.259. The van der Waals surface area contributed by atoms with Crippen LogP contribution in [0.3, 0.4) is 0 Å². The van der Waals surface area contributed by atoms with Crippen LogP contribution in [0.15, 0.2) is 0 Å². The monoisotopic (exact) mass is 259 g/mol. The maximum atomic E-state index is 11.7. The molecule has 0 saturated heterocycles. The van der Waals surface area contributed by atoms with E-state index in [2.05, 4.69) is 9.71 Å². The molecule has 1 N–H and O–H groups in total.